The van der Waals surface area contributed by atoms with Gasteiger partial charge in [0.15, 0.2) is 0 Å². The van der Waals surface area contributed by atoms with Crippen molar-refractivity contribution in [1.82, 2.24) is 5.32 Å². The highest BCUT2D eigenvalue weighted by Gasteiger charge is 2.36. The Hall–Kier alpha value is -0.0400. The Kier molecular flexibility index (Phi) is 6.54. The zero-order chi connectivity index (χ0) is 12.7. The highest BCUT2D eigenvalue weighted by molar-refractivity contribution is 4.92. The van der Waals surface area contributed by atoms with E-state index in [1.807, 2.05) is 0 Å². The number of hydrogen-bond acceptors (Lipinski definition) is 1. The van der Waals surface area contributed by atoms with Crippen LogP contribution in [0, 0.1) is 11.3 Å². The van der Waals surface area contributed by atoms with Crippen molar-refractivity contribution in [2.45, 2.75) is 85.1 Å². The molecule has 0 aliphatic heterocycles. The number of rotatable bonds is 8. The molecule has 1 rings (SSSR count). The second-order valence-corrected chi connectivity index (χ2v) is 6.50. The van der Waals surface area contributed by atoms with Crippen molar-refractivity contribution in [3.05, 3.63) is 0 Å². The first kappa shape index (κ1) is 15.0. The Bertz CT molecular complexity index is 194. The third kappa shape index (κ3) is 4.62. The van der Waals surface area contributed by atoms with Crippen molar-refractivity contribution in [3.63, 3.8) is 0 Å². The first-order valence-corrected chi connectivity index (χ1v) is 7.85. The van der Waals surface area contributed by atoms with Crippen molar-refractivity contribution in [2.75, 3.05) is 6.54 Å². The minimum absolute atomic E-state index is 0.581. The van der Waals surface area contributed by atoms with E-state index in [-0.39, 0.29) is 0 Å². The SMILES string of the molecule is CCCNC(CC(C)CCC)C1(C)CCCC1. The molecule has 0 aromatic heterocycles. The van der Waals surface area contributed by atoms with Gasteiger partial charge in [0.1, 0.15) is 0 Å². The number of hydrogen-bond donors (Lipinski definition) is 1. The summed E-state index contributed by atoms with van der Waals surface area (Å²) in [5.74, 6) is 0.881. The van der Waals surface area contributed by atoms with Crippen LogP contribution < -0.4 is 5.32 Å². The van der Waals surface area contributed by atoms with E-state index in [1.165, 1.54) is 57.9 Å². The summed E-state index contributed by atoms with van der Waals surface area (Å²) in [6, 6.07) is 0.756. The lowest BCUT2D eigenvalue weighted by Gasteiger charge is -2.36. The smallest absolute Gasteiger partial charge is 0.0123 e. The minimum atomic E-state index is 0.581. The maximum absolute atomic E-state index is 3.84. The van der Waals surface area contributed by atoms with Gasteiger partial charge in [0, 0.05) is 6.04 Å². The van der Waals surface area contributed by atoms with Crippen LogP contribution in [0.4, 0.5) is 0 Å². The molecule has 1 nitrogen and oxygen atoms in total. The second-order valence-electron chi connectivity index (χ2n) is 6.50. The van der Waals surface area contributed by atoms with Crippen LogP contribution in [0.2, 0.25) is 0 Å². The molecule has 0 aromatic carbocycles. The second kappa shape index (κ2) is 7.41. The maximum atomic E-state index is 3.84. The molecule has 2 atom stereocenters. The molecule has 0 heterocycles. The lowest BCUT2D eigenvalue weighted by Crippen LogP contribution is -2.43. The summed E-state index contributed by atoms with van der Waals surface area (Å²) >= 11 is 0. The minimum Gasteiger partial charge on any atom is -0.313 e. The van der Waals surface area contributed by atoms with Crippen molar-refractivity contribution >= 4 is 0 Å². The average Bonchev–Trinajstić information content (AvgIpc) is 2.73. The largest absolute Gasteiger partial charge is 0.313 e. The predicted octanol–water partition coefficient (Wildman–Crippen LogP) is 4.76. The molecular formula is C16H33N. The Balaban J connectivity index is 2.52. The van der Waals surface area contributed by atoms with Crippen molar-refractivity contribution in [3.8, 4) is 0 Å². The quantitative estimate of drug-likeness (QED) is 0.644. The summed E-state index contributed by atoms with van der Waals surface area (Å²) in [5, 5.41) is 3.84. The fourth-order valence-electron chi connectivity index (χ4n) is 3.48. The van der Waals surface area contributed by atoms with Gasteiger partial charge >= 0.3 is 0 Å². The monoisotopic (exact) mass is 239 g/mol. The van der Waals surface area contributed by atoms with Crippen LogP contribution in [0.25, 0.3) is 0 Å². The van der Waals surface area contributed by atoms with Gasteiger partial charge in [0.25, 0.3) is 0 Å². The van der Waals surface area contributed by atoms with Crippen molar-refractivity contribution in [2.24, 2.45) is 11.3 Å². The van der Waals surface area contributed by atoms with Crippen LogP contribution >= 0.6 is 0 Å². The lowest BCUT2D eigenvalue weighted by atomic mass is 9.76. The highest BCUT2D eigenvalue weighted by Crippen LogP contribution is 2.42. The fraction of sp³-hybridized carbons (Fsp3) is 1.00. The van der Waals surface area contributed by atoms with E-state index < -0.39 is 0 Å². The first-order valence-electron chi connectivity index (χ1n) is 7.85. The first-order chi connectivity index (χ1) is 8.12. The molecule has 1 aliphatic carbocycles. The van der Waals surface area contributed by atoms with E-state index in [9.17, 15) is 0 Å². The topological polar surface area (TPSA) is 12.0 Å². The summed E-state index contributed by atoms with van der Waals surface area (Å²) in [5.41, 5.74) is 0.581. The molecule has 1 heteroatoms. The molecule has 0 radical (unpaired) electrons. The van der Waals surface area contributed by atoms with Gasteiger partial charge in [-0.3, -0.25) is 0 Å². The molecule has 1 N–H and O–H groups in total. The molecule has 0 saturated heterocycles. The zero-order valence-corrected chi connectivity index (χ0v) is 12.5. The van der Waals surface area contributed by atoms with Crippen molar-refractivity contribution in [1.29, 1.82) is 0 Å². The molecule has 2 unspecified atom stereocenters. The van der Waals surface area contributed by atoms with Gasteiger partial charge in [0.2, 0.25) is 0 Å². The van der Waals surface area contributed by atoms with Gasteiger partial charge < -0.3 is 5.32 Å². The van der Waals surface area contributed by atoms with E-state index in [0.717, 1.165) is 12.0 Å². The summed E-state index contributed by atoms with van der Waals surface area (Å²) in [7, 11) is 0. The van der Waals surface area contributed by atoms with Crippen LogP contribution in [0.5, 0.6) is 0 Å². The van der Waals surface area contributed by atoms with E-state index in [1.54, 1.807) is 0 Å². The Morgan fingerprint density at radius 2 is 1.76 bits per heavy atom. The molecule has 1 aliphatic rings. The standard InChI is InChI=1S/C16H33N/c1-5-9-14(3)13-15(17-12-6-2)16(4)10-7-8-11-16/h14-15,17H,5-13H2,1-4H3. The maximum Gasteiger partial charge on any atom is 0.0123 e. The van der Waals surface area contributed by atoms with E-state index >= 15 is 0 Å². The molecule has 0 spiro atoms. The zero-order valence-electron chi connectivity index (χ0n) is 12.5. The van der Waals surface area contributed by atoms with Crippen LogP contribution in [-0.2, 0) is 0 Å². The Morgan fingerprint density at radius 1 is 1.12 bits per heavy atom. The van der Waals surface area contributed by atoms with E-state index in [0.29, 0.717) is 5.41 Å². The molecule has 1 fully saturated rings. The van der Waals surface area contributed by atoms with Gasteiger partial charge in [-0.05, 0) is 43.6 Å². The van der Waals surface area contributed by atoms with E-state index in [2.05, 4.69) is 33.0 Å². The summed E-state index contributed by atoms with van der Waals surface area (Å²) in [6.07, 6.45) is 11.1. The van der Waals surface area contributed by atoms with Gasteiger partial charge in [-0.1, -0.05) is 53.4 Å². The molecule has 102 valence electrons. The van der Waals surface area contributed by atoms with Gasteiger partial charge in [-0.15, -0.1) is 0 Å². The predicted molar refractivity (Wildman–Crippen MR) is 77.3 cm³/mol. The molecule has 1 saturated carbocycles. The summed E-state index contributed by atoms with van der Waals surface area (Å²) in [4.78, 5) is 0. The van der Waals surface area contributed by atoms with E-state index in [4.69, 9.17) is 0 Å². The van der Waals surface area contributed by atoms with Crippen LogP contribution in [-0.4, -0.2) is 12.6 Å². The third-order valence-electron chi connectivity index (χ3n) is 4.65. The molecule has 17 heavy (non-hydrogen) atoms. The Labute approximate surface area is 109 Å². The summed E-state index contributed by atoms with van der Waals surface area (Å²) in [6.45, 7) is 10.7. The van der Waals surface area contributed by atoms with Crippen molar-refractivity contribution < 1.29 is 0 Å². The summed E-state index contributed by atoms with van der Waals surface area (Å²) < 4.78 is 0. The van der Waals surface area contributed by atoms with Crippen LogP contribution in [0.3, 0.4) is 0 Å². The molecule has 0 amide bonds. The Morgan fingerprint density at radius 3 is 2.29 bits per heavy atom. The fourth-order valence-corrected chi connectivity index (χ4v) is 3.48. The van der Waals surface area contributed by atoms with Crippen LogP contribution in [0.15, 0.2) is 0 Å². The van der Waals surface area contributed by atoms with Gasteiger partial charge in [0.05, 0.1) is 0 Å². The molecule has 0 aromatic rings. The molecular weight excluding hydrogens is 206 g/mol. The van der Waals surface area contributed by atoms with Gasteiger partial charge in [-0.25, -0.2) is 0 Å². The van der Waals surface area contributed by atoms with Crippen LogP contribution in [0.1, 0.15) is 79.1 Å². The average molecular weight is 239 g/mol. The number of nitrogens with one attached hydrogen (secondary N) is 1. The van der Waals surface area contributed by atoms with Gasteiger partial charge in [-0.2, -0.15) is 0 Å². The highest BCUT2D eigenvalue weighted by atomic mass is 14.9. The third-order valence-corrected chi connectivity index (χ3v) is 4.65. The lowest BCUT2D eigenvalue weighted by molar-refractivity contribution is 0.188. The normalized spacial score (nSPS) is 22.6. The molecule has 0 bridgehead atoms.